The lowest BCUT2D eigenvalue weighted by Crippen LogP contribution is -2.14. The number of hydrogen-bond acceptors (Lipinski definition) is 2. The van der Waals surface area contributed by atoms with E-state index >= 15 is 0 Å². The van der Waals surface area contributed by atoms with Crippen molar-refractivity contribution in [1.29, 1.82) is 0 Å². The number of carboxylic acid groups (broad SMARTS) is 2. The van der Waals surface area contributed by atoms with Gasteiger partial charge in [-0.25, -0.2) is 9.59 Å². The van der Waals surface area contributed by atoms with Gasteiger partial charge in [0.25, 0.3) is 0 Å². The van der Waals surface area contributed by atoms with Crippen LogP contribution in [0.5, 0.6) is 0 Å². The second-order valence-electron chi connectivity index (χ2n) is 6.26. The van der Waals surface area contributed by atoms with Crippen molar-refractivity contribution in [3.63, 3.8) is 0 Å². The number of hydrogen-bond donors (Lipinski definition) is 2. The van der Waals surface area contributed by atoms with Gasteiger partial charge in [-0.1, -0.05) is 55.7 Å². The summed E-state index contributed by atoms with van der Waals surface area (Å²) in [7, 11) is 0. The molecule has 2 aromatic rings. The molecule has 2 N–H and O–H groups in total. The summed E-state index contributed by atoms with van der Waals surface area (Å²) in [6.45, 7) is 0. The first-order chi connectivity index (χ1) is 11.6. The van der Waals surface area contributed by atoms with Crippen LogP contribution in [0.2, 0.25) is 0 Å². The Hall–Kier alpha value is -2.62. The largest absolute Gasteiger partial charge is 0.478 e. The molecule has 0 unspecified atom stereocenters. The molecule has 4 heteroatoms. The monoisotopic (exact) mass is 324 g/mol. The molecule has 4 nitrogen and oxygen atoms in total. The van der Waals surface area contributed by atoms with Crippen LogP contribution in [0, 0.1) is 0 Å². The van der Waals surface area contributed by atoms with Gasteiger partial charge < -0.3 is 10.2 Å². The van der Waals surface area contributed by atoms with Gasteiger partial charge in [-0.05, 0) is 36.0 Å². The van der Waals surface area contributed by atoms with Crippen molar-refractivity contribution in [2.45, 2.75) is 38.0 Å². The maximum absolute atomic E-state index is 11.9. The molecule has 1 aliphatic rings. The summed E-state index contributed by atoms with van der Waals surface area (Å²) in [5, 5.41) is 19.1. The maximum Gasteiger partial charge on any atom is 0.337 e. The van der Waals surface area contributed by atoms with Crippen LogP contribution in [0.4, 0.5) is 0 Å². The molecule has 0 radical (unpaired) electrons. The van der Waals surface area contributed by atoms with Crippen molar-refractivity contribution in [3.8, 4) is 11.1 Å². The molecular formula is C20H20O4. The van der Waals surface area contributed by atoms with Crippen LogP contribution in [-0.2, 0) is 0 Å². The highest BCUT2D eigenvalue weighted by Gasteiger charge is 2.27. The molecule has 0 atom stereocenters. The van der Waals surface area contributed by atoms with Gasteiger partial charge in [-0.15, -0.1) is 0 Å². The molecule has 0 aliphatic heterocycles. The highest BCUT2D eigenvalue weighted by atomic mass is 16.4. The molecule has 3 rings (SSSR count). The topological polar surface area (TPSA) is 74.6 Å². The molecule has 0 bridgehead atoms. The first-order valence-electron chi connectivity index (χ1n) is 8.28. The zero-order chi connectivity index (χ0) is 17.1. The van der Waals surface area contributed by atoms with Gasteiger partial charge in [0.05, 0.1) is 11.1 Å². The standard InChI is InChI=1S/C20H20O4/c21-19(22)16-12-11-15(13-7-3-1-4-8-13)17(18(16)20(23)24)14-9-5-2-6-10-14/h2,5-6,9-13H,1,3-4,7-8H2,(H,21,22)(H,23,24). The second-order valence-corrected chi connectivity index (χ2v) is 6.26. The average Bonchev–Trinajstić information content (AvgIpc) is 2.61. The van der Waals surface area contributed by atoms with Gasteiger partial charge in [0.2, 0.25) is 0 Å². The van der Waals surface area contributed by atoms with E-state index in [1.807, 2.05) is 36.4 Å². The number of aromatic carboxylic acids is 2. The van der Waals surface area contributed by atoms with E-state index in [9.17, 15) is 19.8 Å². The van der Waals surface area contributed by atoms with Crippen LogP contribution in [0.3, 0.4) is 0 Å². The molecule has 1 fully saturated rings. The maximum atomic E-state index is 11.9. The Bertz CT molecular complexity index is 759. The lowest BCUT2D eigenvalue weighted by Gasteiger charge is -2.26. The highest BCUT2D eigenvalue weighted by molar-refractivity contribution is 6.07. The van der Waals surface area contributed by atoms with Gasteiger partial charge in [0.1, 0.15) is 0 Å². The first kappa shape index (κ1) is 16.2. The molecule has 0 saturated heterocycles. The highest BCUT2D eigenvalue weighted by Crippen LogP contribution is 2.40. The summed E-state index contributed by atoms with van der Waals surface area (Å²) >= 11 is 0. The molecule has 1 saturated carbocycles. The molecule has 0 aromatic heterocycles. The smallest absolute Gasteiger partial charge is 0.337 e. The predicted molar refractivity (Wildman–Crippen MR) is 91.6 cm³/mol. The third-order valence-electron chi connectivity index (χ3n) is 4.79. The molecule has 0 amide bonds. The van der Waals surface area contributed by atoms with Crippen molar-refractivity contribution >= 4 is 11.9 Å². The third-order valence-corrected chi connectivity index (χ3v) is 4.79. The Morgan fingerprint density at radius 3 is 2.08 bits per heavy atom. The van der Waals surface area contributed by atoms with Crippen molar-refractivity contribution in [2.24, 2.45) is 0 Å². The molecule has 24 heavy (non-hydrogen) atoms. The third kappa shape index (κ3) is 3.04. The quantitative estimate of drug-likeness (QED) is 0.847. The van der Waals surface area contributed by atoms with Gasteiger partial charge in [0, 0.05) is 5.56 Å². The Kier molecular flexibility index (Phi) is 4.65. The fourth-order valence-electron chi connectivity index (χ4n) is 3.69. The van der Waals surface area contributed by atoms with Crippen LogP contribution in [0.25, 0.3) is 11.1 Å². The minimum absolute atomic E-state index is 0.100. The van der Waals surface area contributed by atoms with Crippen LogP contribution in [0.1, 0.15) is 64.3 Å². The minimum Gasteiger partial charge on any atom is -0.478 e. The number of carboxylic acids is 2. The van der Waals surface area contributed by atoms with Crippen LogP contribution in [0.15, 0.2) is 42.5 Å². The van der Waals surface area contributed by atoms with Crippen LogP contribution >= 0.6 is 0 Å². The van der Waals surface area contributed by atoms with E-state index in [4.69, 9.17) is 0 Å². The summed E-state index contributed by atoms with van der Waals surface area (Å²) in [6.07, 6.45) is 5.50. The summed E-state index contributed by atoms with van der Waals surface area (Å²) in [5.41, 5.74) is 2.04. The SMILES string of the molecule is O=C(O)c1ccc(C2CCCCC2)c(-c2ccccc2)c1C(=O)O. The van der Waals surface area contributed by atoms with Crippen LogP contribution < -0.4 is 0 Å². The van der Waals surface area contributed by atoms with E-state index in [2.05, 4.69) is 0 Å². The van der Waals surface area contributed by atoms with E-state index in [1.54, 1.807) is 0 Å². The predicted octanol–water partition coefficient (Wildman–Crippen LogP) is 4.80. The van der Waals surface area contributed by atoms with E-state index < -0.39 is 11.9 Å². The number of rotatable bonds is 4. The van der Waals surface area contributed by atoms with Gasteiger partial charge in [0.15, 0.2) is 0 Å². The zero-order valence-corrected chi connectivity index (χ0v) is 13.4. The average molecular weight is 324 g/mol. The van der Waals surface area contributed by atoms with E-state index in [0.717, 1.165) is 36.8 Å². The van der Waals surface area contributed by atoms with Gasteiger partial charge in [-0.3, -0.25) is 0 Å². The Balaban J connectivity index is 2.27. The first-order valence-corrected chi connectivity index (χ1v) is 8.28. The van der Waals surface area contributed by atoms with Crippen molar-refractivity contribution < 1.29 is 19.8 Å². The summed E-state index contributed by atoms with van der Waals surface area (Å²) in [5.74, 6) is -2.11. The fraction of sp³-hybridized carbons (Fsp3) is 0.300. The summed E-state index contributed by atoms with van der Waals surface area (Å²) in [4.78, 5) is 23.4. The Morgan fingerprint density at radius 1 is 0.833 bits per heavy atom. The number of carbonyl (C=O) groups is 2. The minimum atomic E-state index is -1.21. The normalized spacial score (nSPS) is 15.2. The van der Waals surface area contributed by atoms with Crippen molar-refractivity contribution in [1.82, 2.24) is 0 Å². The number of benzene rings is 2. The Labute approximate surface area is 140 Å². The molecule has 2 aromatic carbocycles. The molecule has 124 valence electrons. The van der Waals surface area contributed by atoms with E-state index in [0.29, 0.717) is 5.56 Å². The summed E-state index contributed by atoms with van der Waals surface area (Å²) < 4.78 is 0. The molecule has 0 heterocycles. The lowest BCUT2D eigenvalue weighted by molar-refractivity contribution is 0.0652. The van der Waals surface area contributed by atoms with Crippen molar-refractivity contribution in [3.05, 3.63) is 59.2 Å². The molecule has 0 spiro atoms. The van der Waals surface area contributed by atoms with Gasteiger partial charge in [-0.2, -0.15) is 0 Å². The van der Waals surface area contributed by atoms with Gasteiger partial charge >= 0.3 is 11.9 Å². The fourth-order valence-corrected chi connectivity index (χ4v) is 3.69. The Morgan fingerprint density at radius 2 is 1.50 bits per heavy atom. The zero-order valence-electron chi connectivity index (χ0n) is 13.4. The van der Waals surface area contributed by atoms with Crippen LogP contribution in [-0.4, -0.2) is 22.2 Å². The molecular weight excluding hydrogens is 304 g/mol. The lowest BCUT2D eigenvalue weighted by atomic mass is 9.78. The summed E-state index contributed by atoms with van der Waals surface area (Å²) in [6, 6.07) is 12.5. The second kappa shape index (κ2) is 6.87. The molecule has 1 aliphatic carbocycles. The van der Waals surface area contributed by atoms with Crippen molar-refractivity contribution in [2.75, 3.05) is 0 Å². The van der Waals surface area contributed by atoms with E-state index in [-0.39, 0.29) is 17.0 Å². The van der Waals surface area contributed by atoms with E-state index in [1.165, 1.54) is 12.5 Å².